The minimum Gasteiger partial charge on any atom is -0.330 e. The molecule has 1 heterocycles. The van der Waals surface area contributed by atoms with E-state index >= 15 is 0 Å². The highest BCUT2D eigenvalue weighted by Crippen LogP contribution is 2.35. The van der Waals surface area contributed by atoms with Gasteiger partial charge < -0.3 is 5.73 Å². The Balaban J connectivity index is 2.34. The van der Waals surface area contributed by atoms with E-state index in [1.54, 1.807) is 12.1 Å². The third kappa shape index (κ3) is 3.34. The smallest absolute Gasteiger partial charge is 0.127 e. The Morgan fingerprint density at radius 2 is 2.11 bits per heavy atom. The van der Waals surface area contributed by atoms with E-state index in [2.05, 4.69) is 11.8 Å². The van der Waals surface area contributed by atoms with Crippen molar-refractivity contribution in [3.8, 4) is 0 Å². The largest absolute Gasteiger partial charge is 0.330 e. The molecule has 2 rings (SSSR count). The highest BCUT2D eigenvalue weighted by Gasteiger charge is 2.31. The first-order valence-electron chi connectivity index (χ1n) is 7.46. The van der Waals surface area contributed by atoms with E-state index in [1.165, 1.54) is 12.8 Å². The summed E-state index contributed by atoms with van der Waals surface area (Å²) in [6.45, 7) is 4.90. The zero-order valence-electron chi connectivity index (χ0n) is 11.8. The van der Waals surface area contributed by atoms with Crippen molar-refractivity contribution in [3.63, 3.8) is 0 Å². The average Bonchev–Trinajstić information content (AvgIpc) is 2.62. The van der Waals surface area contributed by atoms with Crippen LogP contribution in [0.5, 0.6) is 0 Å². The maximum atomic E-state index is 14.2. The second-order valence-electron chi connectivity index (χ2n) is 5.49. The van der Waals surface area contributed by atoms with Crippen LogP contribution in [0.15, 0.2) is 24.3 Å². The third-order valence-corrected chi connectivity index (χ3v) is 4.15. The first-order valence-corrected chi connectivity index (χ1v) is 7.46. The standard InChI is InChI=1S/C16H25FN2/c1-2-10-19-11-6-5-7-13(12-18)16(19)14-8-3-4-9-15(14)17/h3-4,8-9,13,16H,2,5-7,10-12,18H2,1H3. The maximum absolute atomic E-state index is 14.2. The molecule has 2 nitrogen and oxygen atoms in total. The summed E-state index contributed by atoms with van der Waals surface area (Å²) >= 11 is 0. The van der Waals surface area contributed by atoms with Crippen LogP contribution in [-0.4, -0.2) is 24.5 Å². The van der Waals surface area contributed by atoms with E-state index in [1.807, 2.05) is 12.1 Å². The predicted molar refractivity (Wildman–Crippen MR) is 77.4 cm³/mol. The molecule has 1 aromatic carbocycles. The molecule has 2 N–H and O–H groups in total. The fourth-order valence-electron chi connectivity index (χ4n) is 3.27. The second kappa shape index (κ2) is 7.01. The molecule has 19 heavy (non-hydrogen) atoms. The Labute approximate surface area is 115 Å². The molecule has 0 spiro atoms. The number of benzene rings is 1. The van der Waals surface area contributed by atoms with Crippen molar-refractivity contribution in [2.24, 2.45) is 11.7 Å². The van der Waals surface area contributed by atoms with Crippen LogP contribution in [0.3, 0.4) is 0 Å². The van der Waals surface area contributed by atoms with Gasteiger partial charge in [-0.1, -0.05) is 31.5 Å². The molecule has 2 unspecified atom stereocenters. The summed E-state index contributed by atoms with van der Waals surface area (Å²) < 4.78 is 14.2. The van der Waals surface area contributed by atoms with E-state index < -0.39 is 0 Å². The van der Waals surface area contributed by atoms with Gasteiger partial charge in [-0.3, -0.25) is 4.90 Å². The number of halogens is 1. The Morgan fingerprint density at radius 1 is 1.32 bits per heavy atom. The molecular formula is C16H25FN2. The van der Waals surface area contributed by atoms with Gasteiger partial charge in [-0.25, -0.2) is 4.39 Å². The minimum absolute atomic E-state index is 0.0889. The van der Waals surface area contributed by atoms with Crippen molar-refractivity contribution < 1.29 is 4.39 Å². The van der Waals surface area contributed by atoms with Crippen molar-refractivity contribution in [2.75, 3.05) is 19.6 Å². The summed E-state index contributed by atoms with van der Waals surface area (Å²) in [6.07, 6.45) is 4.60. The molecule has 0 aliphatic carbocycles. The van der Waals surface area contributed by atoms with Gasteiger partial charge in [0.15, 0.2) is 0 Å². The van der Waals surface area contributed by atoms with E-state index in [0.29, 0.717) is 12.5 Å². The van der Waals surface area contributed by atoms with Gasteiger partial charge in [-0.05, 0) is 50.9 Å². The monoisotopic (exact) mass is 264 g/mol. The van der Waals surface area contributed by atoms with Crippen LogP contribution >= 0.6 is 0 Å². The lowest BCUT2D eigenvalue weighted by molar-refractivity contribution is 0.155. The predicted octanol–water partition coefficient (Wildman–Crippen LogP) is 3.34. The van der Waals surface area contributed by atoms with Gasteiger partial charge in [-0.15, -0.1) is 0 Å². The molecule has 3 heteroatoms. The van der Waals surface area contributed by atoms with Crippen LogP contribution in [0.25, 0.3) is 0 Å². The molecule has 0 bridgehead atoms. The van der Waals surface area contributed by atoms with Gasteiger partial charge in [0.25, 0.3) is 0 Å². The number of rotatable bonds is 4. The van der Waals surface area contributed by atoms with Gasteiger partial charge in [0.05, 0.1) is 0 Å². The number of hydrogen-bond donors (Lipinski definition) is 1. The Kier molecular flexibility index (Phi) is 5.34. The van der Waals surface area contributed by atoms with Crippen molar-refractivity contribution in [2.45, 2.75) is 38.6 Å². The third-order valence-electron chi connectivity index (χ3n) is 4.15. The van der Waals surface area contributed by atoms with Crippen LogP contribution in [0, 0.1) is 11.7 Å². The summed E-state index contributed by atoms with van der Waals surface area (Å²) in [5, 5.41) is 0. The summed E-state index contributed by atoms with van der Waals surface area (Å²) in [6, 6.07) is 7.33. The molecule has 1 fully saturated rings. The first-order chi connectivity index (χ1) is 9.27. The topological polar surface area (TPSA) is 29.3 Å². The normalized spacial score (nSPS) is 25.2. The van der Waals surface area contributed by atoms with Crippen molar-refractivity contribution >= 4 is 0 Å². The molecule has 0 radical (unpaired) electrons. The van der Waals surface area contributed by atoms with Gasteiger partial charge >= 0.3 is 0 Å². The molecular weight excluding hydrogens is 239 g/mol. The minimum atomic E-state index is -0.0889. The molecule has 0 aromatic heterocycles. The molecule has 0 amide bonds. The van der Waals surface area contributed by atoms with Gasteiger partial charge in [0, 0.05) is 11.6 Å². The number of hydrogen-bond acceptors (Lipinski definition) is 2. The summed E-state index contributed by atoms with van der Waals surface area (Å²) in [4.78, 5) is 2.43. The van der Waals surface area contributed by atoms with E-state index in [0.717, 1.165) is 31.5 Å². The van der Waals surface area contributed by atoms with E-state index in [4.69, 9.17) is 5.73 Å². The molecule has 2 atom stereocenters. The van der Waals surface area contributed by atoms with Crippen molar-refractivity contribution in [1.82, 2.24) is 4.90 Å². The lowest BCUT2D eigenvalue weighted by Crippen LogP contribution is -2.36. The maximum Gasteiger partial charge on any atom is 0.127 e. The highest BCUT2D eigenvalue weighted by atomic mass is 19.1. The molecule has 106 valence electrons. The molecule has 0 saturated carbocycles. The zero-order valence-corrected chi connectivity index (χ0v) is 11.8. The molecule has 1 aliphatic heterocycles. The fourth-order valence-corrected chi connectivity index (χ4v) is 3.27. The quantitative estimate of drug-likeness (QED) is 0.903. The molecule has 1 aliphatic rings. The molecule has 1 aromatic rings. The van der Waals surface area contributed by atoms with E-state index in [-0.39, 0.29) is 11.9 Å². The van der Waals surface area contributed by atoms with Crippen molar-refractivity contribution in [1.29, 1.82) is 0 Å². The lowest BCUT2D eigenvalue weighted by Gasteiger charge is -2.35. The van der Waals surface area contributed by atoms with Crippen molar-refractivity contribution in [3.05, 3.63) is 35.6 Å². The Bertz CT molecular complexity index is 394. The summed E-state index contributed by atoms with van der Waals surface area (Å²) in [7, 11) is 0. The Morgan fingerprint density at radius 3 is 2.79 bits per heavy atom. The van der Waals surface area contributed by atoms with Gasteiger partial charge in [-0.2, -0.15) is 0 Å². The van der Waals surface area contributed by atoms with Crippen LogP contribution in [0.4, 0.5) is 4.39 Å². The fraction of sp³-hybridized carbons (Fsp3) is 0.625. The number of likely N-dealkylation sites (tertiary alicyclic amines) is 1. The van der Waals surface area contributed by atoms with Gasteiger partial charge in [0.1, 0.15) is 5.82 Å². The highest BCUT2D eigenvalue weighted by molar-refractivity contribution is 5.22. The average molecular weight is 264 g/mol. The second-order valence-corrected chi connectivity index (χ2v) is 5.49. The van der Waals surface area contributed by atoms with Crippen LogP contribution < -0.4 is 5.73 Å². The van der Waals surface area contributed by atoms with Crippen LogP contribution in [-0.2, 0) is 0 Å². The SMILES string of the molecule is CCCN1CCCCC(CN)C1c1ccccc1F. The van der Waals surface area contributed by atoms with E-state index in [9.17, 15) is 4.39 Å². The van der Waals surface area contributed by atoms with Crippen LogP contribution in [0.1, 0.15) is 44.2 Å². The Hall–Kier alpha value is -0.930. The number of nitrogens with zero attached hydrogens (tertiary/aromatic N) is 1. The summed E-state index contributed by atoms with van der Waals surface area (Å²) in [5.41, 5.74) is 6.79. The van der Waals surface area contributed by atoms with Gasteiger partial charge in [0.2, 0.25) is 0 Å². The zero-order chi connectivity index (χ0) is 13.7. The lowest BCUT2D eigenvalue weighted by atomic mass is 9.89. The molecule has 1 saturated heterocycles. The number of nitrogens with two attached hydrogens (primary N) is 1. The summed E-state index contributed by atoms with van der Waals surface area (Å²) in [5.74, 6) is 0.278. The van der Waals surface area contributed by atoms with Crippen LogP contribution in [0.2, 0.25) is 0 Å². The first kappa shape index (κ1) is 14.5.